The van der Waals surface area contributed by atoms with Gasteiger partial charge in [0, 0.05) is 11.8 Å². The molecule has 0 heterocycles. The number of carbonyl (C=O) groups is 2. The normalized spacial score (nSPS) is 10.2. The summed E-state index contributed by atoms with van der Waals surface area (Å²) in [6.07, 6.45) is 1.57. The lowest BCUT2D eigenvalue weighted by Crippen LogP contribution is -2.20. The van der Waals surface area contributed by atoms with Gasteiger partial charge in [-0.3, -0.25) is 4.79 Å². The van der Waals surface area contributed by atoms with E-state index in [1.165, 1.54) is 0 Å². The second-order valence-electron chi connectivity index (χ2n) is 3.10. The van der Waals surface area contributed by atoms with Crippen molar-refractivity contribution in [3.05, 3.63) is 36.4 Å². The Kier molecular flexibility index (Phi) is 4.75. The average molecular weight is 234 g/mol. The zero-order valence-electron chi connectivity index (χ0n) is 9.30. The van der Waals surface area contributed by atoms with Crippen LogP contribution in [0.4, 0.5) is 5.69 Å². The molecule has 0 spiro atoms. The molecule has 0 atom stereocenters. The fourth-order valence-electron chi connectivity index (χ4n) is 1.13. The molecule has 5 nitrogen and oxygen atoms in total. The second kappa shape index (κ2) is 6.32. The van der Waals surface area contributed by atoms with Gasteiger partial charge in [-0.1, -0.05) is 0 Å². The number of carboxylic acids is 1. The minimum Gasteiger partial charge on any atom is -0.545 e. The summed E-state index contributed by atoms with van der Waals surface area (Å²) in [6, 6.07) is 6.74. The standard InChI is InChI=1S/C12H13NO4/c1-2-17-10-5-3-9(4-6-10)13-11(14)7-8-12(15)16/h3-8H,2H2,1H3,(H,13,14)(H,15,16)/p-1. The molecule has 0 bridgehead atoms. The minimum atomic E-state index is -1.41. The largest absolute Gasteiger partial charge is 0.545 e. The van der Waals surface area contributed by atoms with Crippen LogP contribution in [-0.2, 0) is 9.59 Å². The molecule has 1 aromatic rings. The van der Waals surface area contributed by atoms with E-state index in [0.29, 0.717) is 24.1 Å². The predicted octanol–water partition coefficient (Wildman–Crippen LogP) is 0.330. The van der Waals surface area contributed by atoms with Crippen molar-refractivity contribution in [3.63, 3.8) is 0 Å². The van der Waals surface area contributed by atoms with Gasteiger partial charge in [-0.2, -0.15) is 0 Å². The van der Waals surface area contributed by atoms with Crippen LogP contribution in [0.15, 0.2) is 36.4 Å². The van der Waals surface area contributed by atoms with Crippen molar-refractivity contribution in [1.29, 1.82) is 0 Å². The molecule has 17 heavy (non-hydrogen) atoms. The molecule has 0 aliphatic rings. The SMILES string of the molecule is CCOc1ccc(NC(=O)C=CC(=O)[O-])cc1. The minimum absolute atomic E-state index is 0.529. The lowest BCUT2D eigenvalue weighted by Gasteiger charge is -2.05. The van der Waals surface area contributed by atoms with Crippen molar-refractivity contribution in [2.45, 2.75) is 6.92 Å². The summed E-state index contributed by atoms with van der Waals surface area (Å²) in [5.41, 5.74) is 0.557. The number of anilines is 1. The number of nitrogens with one attached hydrogen (secondary N) is 1. The van der Waals surface area contributed by atoms with Gasteiger partial charge in [-0.05, 0) is 37.3 Å². The Balaban J connectivity index is 2.57. The highest BCUT2D eigenvalue weighted by Crippen LogP contribution is 2.15. The van der Waals surface area contributed by atoms with E-state index in [-0.39, 0.29) is 0 Å². The van der Waals surface area contributed by atoms with Gasteiger partial charge in [0.1, 0.15) is 5.75 Å². The Bertz CT molecular complexity index is 423. The van der Waals surface area contributed by atoms with Crippen LogP contribution >= 0.6 is 0 Å². The van der Waals surface area contributed by atoms with E-state index < -0.39 is 11.9 Å². The monoisotopic (exact) mass is 234 g/mol. The fraction of sp³-hybridized carbons (Fsp3) is 0.167. The number of rotatable bonds is 5. The maximum atomic E-state index is 11.2. The van der Waals surface area contributed by atoms with Crippen molar-refractivity contribution >= 4 is 17.6 Å². The van der Waals surface area contributed by atoms with Crippen LogP contribution in [-0.4, -0.2) is 18.5 Å². The molecule has 0 aliphatic heterocycles. The van der Waals surface area contributed by atoms with Crippen LogP contribution in [0.1, 0.15) is 6.92 Å². The molecule has 1 amide bonds. The molecular formula is C12H12NO4-. The molecule has 0 fully saturated rings. The van der Waals surface area contributed by atoms with Crippen molar-refractivity contribution in [3.8, 4) is 5.75 Å². The van der Waals surface area contributed by atoms with E-state index >= 15 is 0 Å². The van der Waals surface area contributed by atoms with E-state index in [0.717, 1.165) is 6.08 Å². The molecule has 0 unspecified atom stereocenters. The van der Waals surface area contributed by atoms with Gasteiger partial charge in [0.15, 0.2) is 0 Å². The quantitative estimate of drug-likeness (QED) is 0.745. The molecule has 0 saturated carbocycles. The molecule has 0 saturated heterocycles. The van der Waals surface area contributed by atoms with Crippen molar-refractivity contribution in [1.82, 2.24) is 0 Å². The van der Waals surface area contributed by atoms with Crippen LogP contribution < -0.4 is 15.2 Å². The van der Waals surface area contributed by atoms with Crippen LogP contribution in [0.25, 0.3) is 0 Å². The highest BCUT2D eigenvalue weighted by Gasteiger charge is 1.98. The lowest BCUT2D eigenvalue weighted by atomic mass is 10.3. The molecule has 1 N–H and O–H groups in total. The fourth-order valence-corrected chi connectivity index (χ4v) is 1.13. The smallest absolute Gasteiger partial charge is 0.248 e. The lowest BCUT2D eigenvalue weighted by molar-refractivity contribution is -0.297. The molecular weight excluding hydrogens is 222 g/mol. The maximum Gasteiger partial charge on any atom is 0.248 e. The Hall–Kier alpha value is -2.30. The number of benzene rings is 1. The number of amides is 1. The molecule has 5 heteroatoms. The van der Waals surface area contributed by atoms with E-state index in [2.05, 4.69) is 5.32 Å². The molecule has 90 valence electrons. The van der Waals surface area contributed by atoms with Crippen molar-refractivity contribution in [2.75, 3.05) is 11.9 Å². The van der Waals surface area contributed by atoms with Crippen LogP contribution in [0.2, 0.25) is 0 Å². The molecule has 1 rings (SSSR count). The summed E-state index contributed by atoms with van der Waals surface area (Å²) in [4.78, 5) is 21.3. The number of aliphatic carboxylic acids is 1. The van der Waals surface area contributed by atoms with Gasteiger partial charge in [0.25, 0.3) is 0 Å². The number of ether oxygens (including phenoxy) is 1. The average Bonchev–Trinajstić information content (AvgIpc) is 2.29. The zero-order valence-corrected chi connectivity index (χ0v) is 9.30. The van der Waals surface area contributed by atoms with Crippen LogP contribution in [0, 0.1) is 0 Å². The summed E-state index contributed by atoms with van der Waals surface area (Å²) < 4.78 is 5.23. The van der Waals surface area contributed by atoms with Gasteiger partial charge < -0.3 is 20.0 Å². The van der Waals surface area contributed by atoms with E-state index in [1.54, 1.807) is 24.3 Å². The number of hydrogen-bond acceptors (Lipinski definition) is 4. The third kappa shape index (κ3) is 4.83. The van der Waals surface area contributed by atoms with Gasteiger partial charge >= 0.3 is 0 Å². The van der Waals surface area contributed by atoms with Crippen molar-refractivity contribution < 1.29 is 19.4 Å². The first-order valence-corrected chi connectivity index (χ1v) is 5.04. The molecule has 1 aromatic carbocycles. The second-order valence-corrected chi connectivity index (χ2v) is 3.10. The molecule has 0 aromatic heterocycles. The first kappa shape index (κ1) is 12.8. The van der Waals surface area contributed by atoms with Gasteiger partial charge in [0.2, 0.25) is 5.91 Å². The van der Waals surface area contributed by atoms with E-state index in [4.69, 9.17) is 4.74 Å². The van der Waals surface area contributed by atoms with Gasteiger partial charge in [-0.15, -0.1) is 0 Å². The Morgan fingerprint density at radius 1 is 1.29 bits per heavy atom. The summed E-state index contributed by atoms with van der Waals surface area (Å²) >= 11 is 0. The highest BCUT2D eigenvalue weighted by atomic mass is 16.5. The predicted molar refractivity (Wildman–Crippen MR) is 60.4 cm³/mol. The number of carbonyl (C=O) groups excluding carboxylic acids is 2. The number of carboxylic acid groups (broad SMARTS) is 1. The molecule has 0 aliphatic carbocycles. The maximum absolute atomic E-state index is 11.2. The van der Waals surface area contributed by atoms with Gasteiger partial charge in [-0.25, -0.2) is 0 Å². The van der Waals surface area contributed by atoms with E-state index in [1.807, 2.05) is 6.92 Å². The Morgan fingerprint density at radius 2 is 1.94 bits per heavy atom. The van der Waals surface area contributed by atoms with Gasteiger partial charge in [0.05, 0.1) is 12.6 Å². The summed E-state index contributed by atoms with van der Waals surface area (Å²) in [6.45, 7) is 2.44. The number of hydrogen-bond donors (Lipinski definition) is 1. The topological polar surface area (TPSA) is 78.5 Å². The first-order valence-electron chi connectivity index (χ1n) is 5.04. The Labute approximate surface area is 98.7 Å². The summed E-state index contributed by atoms with van der Waals surface area (Å²) in [5.74, 6) is -1.24. The Morgan fingerprint density at radius 3 is 2.47 bits per heavy atom. The summed E-state index contributed by atoms with van der Waals surface area (Å²) in [7, 11) is 0. The zero-order chi connectivity index (χ0) is 12.7. The third-order valence-electron chi connectivity index (χ3n) is 1.80. The summed E-state index contributed by atoms with van der Waals surface area (Å²) in [5, 5.41) is 12.6. The first-order chi connectivity index (χ1) is 8.11. The van der Waals surface area contributed by atoms with E-state index in [9.17, 15) is 14.7 Å². The van der Waals surface area contributed by atoms with Crippen LogP contribution in [0.3, 0.4) is 0 Å². The van der Waals surface area contributed by atoms with Crippen molar-refractivity contribution in [2.24, 2.45) is 0 Å². The molecule has 0 radical (unpaired) electrons. The highest BCUT2D eigenvalue weighted by molar-refractivity contribution is 6.02. The third-order valence-corrected chi connectivity index (χ3v) is 1.80. The van der Waals surface area contributed by atoms with Crippen LogP contribution in [0.5, 0.6) is 5.75 Å².